The molecule has 218 valence electrons. The van der Waals surface area contributed by atoms with Gasteiger partial charge in [-0.05, 0) is 88.9 Å². The average molecular weight is 639 g/mol. The van der Waals surface area contributed by atoms with Crippen molar-refractivity contribution < 1.29 is 33.0 Å². The van der Waals surface area contributed by atoms with E-state index in [1.165, 1.54) is 30.3 Å². The van der Waals surface area contributed by atoms with Crippen molar-refractivity contribution in [1.82, 2.24) is 10.2 Å². The van der Waals surface area contributed by atoms with Gasteiger partial charge in [-0.2, -0.15) is 0 Å². The number of hydrogen-bond acceptors (Lipinski definition) is 6. The van der Waals surface area contributed by atoms with Gasteiger partial charge in [0.25, 0.3) is 11.8 Å². The number of rotatable bonds is 11. The van der Waals surface area contributed by atoms with Gasteiger partial charge in [-0.15, -0.1) is 0 Å². The number of imide groups is 1. The van der Waals surface area contributed by atoms with Crippen LogP contribution in [-0.4, -0.2) is 48.4 Å². The van der Waals surface area contributed by atoms with Gasteiger partial charge >= 0.3 is 6.03 Å². The standard InChI is InChI=1S/C30H28BrFN4O6/c1-3-19-7-5-6-8-23(19)34-26(37)16-36-29(39)24(35-30(36)40)14-18-13-22(31)28(25(15-18)41-4-2)42-17-27(38)33-21-11-9-20(32)10-12-21/h5-15H,3-4,16-17H2,1-2H3,(H,33,38)(H,34,37)(H,35,40)/b24-14+. The summed E-state index contributed by atoms with van der Waals surface area (Å²) < 4.78 is 24.9. The maximum absolute atomic E-state index is 13.1. The molecule has 5 amide bonds. The second-order valence-corrected chi connectivity index (χ2v) is 9.90. The van der Waals surface area contributed by atoms with Crippen LogP contribution >= 0.6 is 15.9 Å². The molecule has 42 heavy (non-hydrogen) atoms. The minimum atomic E-state index is -0.721. The molecular formula is C30H28BrFN4O6. The molecule has 4 rings (SSSR count). The van der Waals surface area contributed by atoms with E-state index >= 15 is 0 Å². The van der Waals surface area contributed by atoms with E-state index in [0.29, 0.717) is 27.8 Å². The number of nitrogens with one attached hydrogen (secondary N) is 3. The minimum absolute atomic E-state index is 0.0246. The molecule has 0 aromatic heterocycles. The van der Waals surface area contributed by atoms with Gasteiger partial charge in [0.15, 0.2) is 18.1 Å². The third kappa shape index (κ3) is 7.52. The van der Waals surface area contributed by atoms with Crippen molar-refractivity contribution in [3.05, 3.63) is 87.8 Å². The molecule has 1 heterocycles. The SMILES string of the molecule is CCOc1cc(/C=C2/NC(=O)N(CC(=O)Nc3ccccc3CC)C2=O)cc(Br)c1OCC(=O)Nc1ccc(F)cc1. The summed E-state index contributed by atoms with van der Waals surface area (Å²) in [7, 11) is 0. The van der Waals surface area contributed by atoms with Crippen molar-refractivity contribution in [3.63, 3.8) is 0 Å². The fourth-order valence-electron chi connectivity index (χ4n) is 4.11. The van der Waals surface area contributed by atoms with Crippen molar-refractivity contribution in [2.75, 3.05) is 30.4 Å². The van der Waals surface area contributed by atoms with Gasteiger partial charge in [0.05, 0.1) is 11.1 Å². The molecule has 1 aliphatic rings. The van der Waals surface area contributed by atoms with E-state index in [1.54, 1.807) is 31.2 Å². The largest absolute Gasteiger partial charge is 0.490 e. The highest BCUT2D eigenvalue weighted by Gasteiger charge is 2.35. The highest BCUT2D eigenvalue weighted by atomic mass is 79.9. The molecule has 0 unspecified atom stereocenters. The summed E-state index contributed by atoms with van der Waals surface area (Å²) in [6.45, 7) is 3.20. The Morgan fingerprint density at radius 1 is 1.00 bits per heavy atom. The number of ether oxygens (including phenoxy) is 2. The second-order valence-electron chi connectivity index (χ2n) is 9.05. The van der Waals surface area contributed by atoms with Crippen molar-refractivity contribution in [2.24, 2.45) is 0 Å². The van der Waals surface area contributed by atoms with Crippen molar-refractivity contribution in [1.29, 1.82) is 0 Å². The highest BCUT2D eigenvalue weighted by molar-refractivity contribution is 9.10. The highest BCUT2D eigenvalue weighted by Crippen LogP contribution is 2.37. The third-order valence-electron chi connectivity index (χ3n) is 6.05. The predicted octanol–water partition coefficient (Wildman–Crippen LogP) is 5.10. The summed E-state index contributed by atoms with van der Waals surface area (Å²) in [4.78, 5) is 51.4. The van der Waals surface area contributed by atoms with E-state index in [-0.39, 0.29) is 30.4 Å². The van der Waals surface area contributed by atoms with Crippen LogP contribution in [0.25, 0.3) is 6.08 Å². The number of anilines is 2. The summed E-state index contributed by atoms with van der Waals surface area (Å²) in [5.41, 5.74) is 2.43. The van der Waals surface area contributed by atoms with Crippen LogP contribution in [0.1, 0.15) is 25.0 Å². The molecule has 3 N–H and O–H groups in total. The first-order valence-electron chi connectivity index (χ1n) is 13.0. The van der Waals surface area contributed by atoms with E-state index in [1.807, 2.05) is 19.1 Å². The average Bonchev–Trinajstić information content (AvgIpc) is 3.21. The predicted molar refractivity (Wildman–Crippen MR) is 159 cm³/mol. The minimum Gasteiger partial charge on any atom is -0.490 e. The normalized spacial score (nSPS) is 13.6. The zero-order chi connectivity index (χ0) is 30.2. The molecule has 12 heteroatoms. The Morgan fingerprint density at radius 3 is 2.45 bits per heavy atom. The van der Waals surface area contributed by atoms with E-state index in [9.17, 15) is 23.6 Å². The molecule has 0 atom stereocenters. The topological polar surface area (TPSA) is 126 Å². The van der Waals surface area contributed by atoms with Crippen LogP contribution in [-0.2, 0) is 20.8 Å². The maximum atomic E-state index is 13.1. The van der Waals surface area contributed by atoms with Crippen LogP contribution in [0.5, 0.6) is 11.5 Å². The molecule has 1 aliphatic heterocycles. The van der Waals surface area contributed by atoms with Gasteiger partial charge < -0.3 is 25.4 Å². The number of para-hydroxylation sites is 1. The van der Waals surface area contributed by atoms with Crippen LogP contribution in [0.2, 0.25) is 0 Å². The van der Waals surface area contributed by atoms with Crippen LogP contribution in [0, 0.1) is 5.82 Å². The monoisotopic (exact) mass is 638 g/mol. The Hall–Kier alpha value is -4.71. The number of nitrogens with zero attached hydrogens (tertiary/aromatic N) is 1. The Balaban J connectivity index is 1.44. The lowest BCUT2D eigenvalue weighted by atomic mass is 10.1. The number of aryl methyl sites for hydroxylation is 1. The first-order valence-corrected chi connectivity index (χ1v) is 13.8. The smallest absolute Gasteiger partial charge is 0.329 e. The molecule has 0 bridgehead atoms. The second kappa shape index (κ2) is 13.8. The molecular weight excluding hydrogens is 611 g/mol. The Labute approximate surface area is 250 Å². The van der Waals surface area contributed by atoms with E-state index in [2.05, 4.69) is 31.9 Å². The van der Waals surface area contributed by atoms with Crippen LogP contribution in [0.3, 0.4) is 0 Å². The quantitative estimate of drug-likeness (QED) is 0.198. The van der Waals surface area contributed by atoms with Crippen LogP contribution in [0.15, 0.2) is 70.8 Å². The van der Waals surface area contributed by atoms with Crippen LogP contribution < -0.4 is 25.4 Å². The summed E-state index contributed by atoms with van der Waals surface area (Å²) in [6, 6.07) is 15.1. The molecule has 3 aromatic rings. The Bertz CT molecular complexity index is 1540. The summed E-state index contributed by atoms with van der Waals surface area (Å²) >= 11 is 3.41. The maximum Gasteiger partial charge on any atom is 0.329 e. The van der Waals surface area contributed by atoms with Gasteiger partial charge in [0.1, 0.15) is 18.1 Å². The van der Waals surface area contributed by atoms with Gasteiger partial charge in [-0.3, -0.25) is 14.4 Å². The molecule has 1 fully saturated rings. The van der Waals surface area contributed by atoms with Gasteiger partial charge in [-0.1, -0.05) is 25.1 Å². The number of urea groups is 1. The lowest BCUT2D eigenvalue weighted by Gasteiger charge is -2.15. The number of carbonyl (C=O) groups is 4. The van der Waals surface area contributed by atoms with Gasteiger partial charge in [0, 0.05) is 11.4 Å². The molecule has 0 radical (unpaired) electrons. The summed E-state index contributed by atoms with van der Waals surface area (Å²) in [5.74, 6) is -1.52. The molecule has 3 aromatic carbocycles. The van der Waals surface area contributed by atoms with Crippen LogP contribution in [0.4, 0.5) is 20.6 Å². The Kier molecular flexibility index (Phi) is 9.92. The zero-order valence-corrected chi connectivity index (χ0v) is 24.4. The molecule has 0 aliphatic carbocycles. The fraction of sp³-hybridized carbons (Fsp3) is 0.200. The summed E-state index contributed by atoms with van der Waals surface area (Å²) in [5, 5.41) is 7.86. The number of carbonyl (C=O) groups excluding carboxylic acids is 4. The molecule has 1 saturated heterocycles. The first-order chi connectivity index (χ1) is 20.2. The van der Waals surface area contributed by atoms with Gasteiger partial charge in [0.2, 0.25) is 5.91 Å². The van der Waals surface area contributed by atoms with Crippen molar-refractivity contribution in [3.8, 4) is 11.5 Å². The number of amides is 5. The fourth-order valence-corrected chi connectivity index (χ4v) is 4.68. The Morgan fingerprint density at radius 2 is 1.74 bits per heavy atom. The molecule has 0 spiro atoms. The van der Waals surface area contributed by atoms with E-state index in [0.717, 1.165) is 10.5 Å². The van der Waals surface area contributed by atoms with E-state index < -0.39 is 36.1 Å². The lowest BCUT2D eigenvalue weighted by Crippen LogP contribution is -2.38. The van der Waals surface area contributed by atoms with Crippen molar-refractivity contribution >= 4 is 57.1 Å². The number of hydrogen-bond donors (Lipinski definition) is 3. The summed E-state index contributed by atoms with van der Waals surface area (Å²) in [6.07, 6.45) is 2.15. The third-order valence-corrected chi connectivity index (χ3v) is 6.64. The number of halogens is 2. The molecule has 10 nitrogen and oxygen atoms in total. The molecule has 0 saturated carbocycles. The van der Waals surface area contributed by atoms with Crippen molar-refractivity contribution in [2.45, 2.75) is 20.3 Å². The lowest BCUT2D eigenvalue weighted by molar-refractivity contribution is -0.127. The first kappa shape index (κ1) is 30.3. The van der Waals surface area contributed by atoms with Gasteiger partial charge in [-0.25, -0.2) is 14.1 Å². The zero-order valence-electron chi connectivity index (χ0n) is 22.8. The van der Waals surface area contributed by atoms with E-state index in [4.69, 9.17) is 9.47 Å². The number of benzene rings is 3.